The van der Waals surface area contributed by atoms with Gasteiger partial charge in [0.1, 0.15) is 11.6 Å². The number of benzene rings is 2. The molecule has 1 saturated heterocycles. The largest absolute Gasteiger partial charge is 0.339 e. The minimum atomic E-state index is -0.340. The molecule has 0 bridgehead atoms. The van der Waals surface area contributed by atoms with E-state index in [1.165, 1.54) is 30.3 Å². The number of amides is 1. The molecular weight excluding hydrogens is 376 g/mol. The first-order valence-corrected chi connectivity index (χ1v) is 9.41. The van der Waals surface area contributed by atoms with E-state index in [4.69, 9.17) is 0 Å². The molecule has 0 saturated carbocycles. The average Bonchev–Trinajstić information content (AvgIpc) is 3.20. The lowest BCUT2D eigenvalue weighted by atomic mass is 10.3. The summed E-state index contributed by atoms with van der Waals surface area (Å²) < 4.78 is 28.9. The van der Waals surface area contributed by atoms with Crippen molar-refractivity contribution in [3.8, 4) is 5.69 Å². The molecule has 1 amide bonds. The first-order chi connectivity index (χ1) is 14.1. The molecule has 150 valence electrons. The van der Waals surface area contributed by atoms with Gasteiger partial charge in [0.2, 0.25) is 11.9 Å². The molecule has 0 unspecified atom stereocenters. The molecule has 6 nitrogen and oxygen atoms in total. The van der Waals surface area contributed by atoms with Crippen LogP contribution in [0.4, 0.5) is 20.4 Å². The van der Waals surface area contributed by atoms with E-state index in [0.717, 1.165) is 0 Å². The summed E-state index contributed by atoms with van der Waals surface area (Å²) >= 11 is 0. The standard InChI is InChI=1S/C21H21F2N5O/c22-16-5-7-17(8-6-16)25-20(29)15-26-11-13-27(14-12-26)21-24-9-10-28(21)19-4-2-1-3-18(19)23/h1-10H,11-15H2,(H,25,29). The Morgan fingerprint density at radius 3 is 2.45 bits per heavy atom. The highest BCUT2D eigenvalue weighted by Gasteiger charge is 2.22. The van der Waals surface area contributed by atoms with Crippen LogP contribution in [0.15, 0.2) is 60.9 Å². The Morgan fingerprint density at radius 1 is 1.00 bits per heavy atom. The minimum absolute atomic E-state index is 0.141. The van der Waals surface area contributed by atoms with E-state index in [1.54, 1.807) is 35.2 Å². The van der Waals surface area contributed by atoms with Crippen LogP contribution in [-0.4, -0.2) is 53.1 Å². The topological polar surface area (TPSA) is 53.4 Å². The molecule has 0 radical (unpaired) electrons. The zero-order valence-corrected chi connectivity index (χ0v) is 15.8. The average molecular weight is 397 g/mol. The molecule has 0 spiro atoms. The number of rotatable bonds is 5. The van der Waals surface area contributed by atoms with E-state index in [-0.39, 0.29) is 24.1 Å². The van der Waals surface area contributed by atoms with Crippen molar-refractivity contribution in [2.75, 3.05) is 42.9 Å². The Morgan fingerprint density at radius 2 is 1.72 bits per heavy atom. The van der Waals surface area contributed by atoms with E-state index < -0.39 is 0 Å². The number of imidazole rings is 1. The molecule has 1 aromatic heterocycles. The van der Waals surface area contributed by atoms with Crippen LogP contribution in [-0.2, 0) is 4.79 Å². The van der Waals surface area contributed by atoms with Crippen molar-refractivity contribution in [3.05, 3.63) is 72.6 Å². The van der Waals surface area contributed by atoms with Gasteiger partial charge < -0.3 is 10.2 Å². The van der Waals surface area contributed by atoms with Crippen LogP contribution in [0.5, 0.6) is 0 Å². The van der Waals surface area contributed by atoms with Crippen molar-refractivity contribution in [2.24, 2.45) is 0 Å². The van der Waals surface area contributed by atoms with Gasteiger partial charge >= 0.3 is 0 Å². The first-order valence-electron chi connectivity index (χ1n) is 9.41. The van der Waals surface area contributed by atoms with Crippen molar-refractivity contribution in [3.63, 3.8) is 0 Å². The number of nitrogens with zero attached hydrogens (tertiary/aromatic N) is 4. The van der Waals surface area contributed by atoms with Crippen LogP contribution in [0.2, 0.25) is 0 Å². The Kier molecular flexibility index (Phi) is 5.53. The highest BCUT2D eigenvalue weighted by atomic mass is 19.1. The molecule has 2 heterocycles. The normalized spacial score (nSPS) is 14.8. The van der Waals surface area contributed by atoms with Crippen LogP contribution < -0.4 is 10.2 Å². The second-order valence-electron chi connectivity index (χ2n) is 6.87. The number of piperazine rings is 1. The van der Waals surface area contributed by atoms with Crippen LogP contribution >= 0.6 is 0 Å². The van der Waals surface area contributed by atoms with Gasteiger partial charge in [-0.2, -0.15) is 0 Å². The summed E-state index contributed by atoms with van der Waals surface area (Å²) in [6.45, 7) is 2.97. The Balaban J connectivity index is 1.34. The van der Waals surface area contributed by atoms with Crippen LogP contribution in [0.3, 0.4) is 0 Å². The SMILES string of the molecule is O=C(CN1CCN(c2nccn2-c2ccccc2F)CC1)Nc1ccc(F)cc1. The fourth-order valence-corrected chi connectivity index (χ4v) is 3.41. The molecule has 1 aliphatic rings. The van der Waals surface area contributed by atoms with Gasteiger partial charge in [-0.05, 0) is 36.4 Å². The quantitative estimate of drug-likeness (QED) is 0.719. The van der Waals surface area contributed by atoms with Gasteiger partial charge in [-0.3, -0.25) is 14.3 Å². The van der Waals surface area contributed by atoms with Gasteiger partial charge in [0.25, 0.3) is 0 Å². The number of hydrogen-bond acceptors (Lipinski definition) is 4. The maximum Gasteiger partial charge on any atom is 0.238 e. The summed E-state index contributed by atoms with van der Waals surface area (Å²) in [6.07, 6.45) is 3.40. The summed E-state index contributed by atoms with van der Waals surface area (Å²) in [4.78, 5) is 20.8. The number of halogens is 2. The molecule has 4 rings (SSSR count). The van der Waals surface area contributed by atoms with Gasteiger partial charge in [-0.25, -0.2) is 13.8 Å². The third kappa shape index (κ3) is 4.43. The van der Waals surface area contributed by atoms with E-state index in [0.29, 0.717) is 43.5 Å². The third-order valence-corrected chi connectivity index (χ3v) is 4.88. The molecular formula is C21H21F2N5O. The second-order valence-corrected chi connectivity index (χ2v) is 6.87. The lowest BCUT2D eigenvalue weighted by Crippen LogP contribution is -2.49. The maximum atomic E-state index is 14.2. The zero-order valence-electron chi connectivity index (χ0n) is 15.8. The molecule has 29 heavy (non-hydrogen) atoms. The number of anilines is 2. The maximum absolute atomic E-state index is 14.2. The molecule has 1 fully saturated rings. The zero-order chi connectivity index (χ0) is 20.2. The van der Waals surface area contributed by atoms with Crippen molar-refractivity contribution in [1.29, 1.82) is 0 Å². The fourth-order valence-electron chi connectivity index (χ4n) is 3.41. The number of carbonyl (C=O) groups is 1. The van der Waals surface area contributed by atoms with E-state index in [1.807, 2.05) is 4.90 Å². The van der Waals surface area contributed by atoms with Crippen LogP contribution in [0.25, 0.3) is 5.69 Å². The highest BCUT2D eigenvalue weighted by Crippen LogP contribution is 2.21. The molecule has 2 aromatic carbocycles. The summed E-state index contributed by atoms with van der Waals surface area (Å²) in [6, 6.07) is 12.3. The van der Waals surface area contributed by atoms with Gasteiger partial charge in [-0.1, -0.05) is 12.1 Å². The Labute approximate surface area is 167 Å². The summed E-state index contributed by atoms with van der Waals surface area (Å²) in [5, 5.41) is 2.77. The predicted molar refractivity (Wildman–Crippen MR) is 107 cm³/mol. The van der Waals surface area contributed by atoms with Gasteiger partial charge in [0.15, 0.2) is 0 Å². The number of para-hydroxylation sites is 1. The lowest BCUT2D eigenvalue weighted by Gasteiger charge is -2.35. The number of hydrogen-bond donors (Lipinski definition) is 1. The Hall–Kier alpha value is -3.26. The predicted octanol–water partition coefficient (Wildman–Crippen LogP) is 2.91. The smallest absolute Gasteiger partial charge is 0.238 e. The highest BCUT2D eigenvalue weighted by molar-refractivity contribution is 5.92. The van der Waals surface area contributed by atoms with Crippen molar-refractivity contribution >= 4 is 17.5 Å². The van der Waals surface area contributed by atoms with E-state index >= 15 is 0 Å². The van der Waals surface area contributed by atoms with E-state index in [9.17, 15) is 13.6 Å². The summed E-state index contributed by atoms with van der Waals surface area (Å²) in [5.74, 6) is -0.0980. The fraction of sp³-hybridized carbons (Fsp3) is 0.238. The summed E-state index contributed by atoms with van der Waals surface area (Å²) in [5.41, 5.74) is 1.03. The number of aromatic nitrogens is 2. The van der Waals surface area contributed by atoms with Crippen LogP contribution in [0, 0.1) is 11.6 Å². The van der Waals surface area contributed by atoms with Crippen molar-refractivity contribution in [1.82, 2.24) is 14.5 Å². The lowest BCUT2D eigenvalue weighted by molar-refractivity contribution is -0.117. The monoisotopic (exact) mass is 397 g/mol. The molecule has 3 aromatic rings. The van der Waals surface area contributed by atoms with Gasteiger partial charge in [0, 0.05) is 44.3 Å². The third-order valence-electron chi connectivity index (χ3n) is 4.88. The van der Waals surface area contributed by atoms with Gasteiger partial charge in [-0.15, -0.1) is 0 Å². The molecule has 0 aliphatic carbocycles. The summed E-state index contributed by atoms with van der Waals surface area (Å²) in [7, 11) is 0. The molecule has 1 N–H and O–H groups in total. The van der Waals surface area contributed by atoms with Crippen molar-refractivity contribution in [2.45, 2.75) is 0 Å². The molecule has 0 atom stereocenters. The van der Waals surface area contributed by atoms with Crippen molar-refractivity contribution < 1.29 is 13.6 Å². The minimum Gasteiger partial charge on any atom is -0.339 e. The number of nitrogens with one attached hydrogen (secondary N) is 1. The number of carbonyl (C=O) groups excluding carboxylic acids is 1. The molecule has 1 aliphatic heterocycles. The first kappa shape index (κ1) is 19.1. The van der Waals surface area contributed by atoms with E-state index in [2.05, 4.69) is 15.2 Å². The van der Waals surface area contributed by atoms with Crippen LogP contribution in [0.1, 0.15) is 0 Å². The van der Waals surface area contributed by atoms with Gasteiger partial charge in [0.05, 0.1) is 12.2 Å². The Bertz CT molecular complexity index is 981. The molecule has 8 heteroatoms. The second kappa shape index (κ2) is 8.40.